The first-order valence-electron chi connectivity index (χ1n) is 6.61. The molecule has 1 saturated heterocycles. The van der Waals surface area contributed by atoms with Crippen LogP contribution in [0.5, 0.6) is 0 Å². The molecule has 1 unspecified atom stereocenters. The normalized spacial score (nSPS) is 40.8. The fourth-order valence-electron chi connectivity index (χ4n) is 3.49. The number of hydrogen-bond acceptors (Lipinski definition) is 2. The molecule has 3 atom stereocenters. The maximum atomic E-state index is 12.2. The first-order chi connectivity index (χ1) is 7.60. The average Bonchev–Trinajstić information content (AvgIpc) is 2.31. The van der Waals surface area contributed by atoms with E-state index < -0.39 is 5.60 Å². The summed E-state index contributed by atoms with van der Waals surface area (Å²) in [6.45, 7) is 13.4. The number of carbonyl (C=O) groups excluding carboxylic acids is 1. The van der Waals surface area contributed by atoms with Crippen LogP contribution in [0.15, 0.2) is 0 Å². The highest BCUT2D eigenvalue weighted by atomic mass is 16.6. The van der Waals surface area contributed by atoms with Gasteiger partial charge in [0.25, 0.3) is 0 Å². The molecular formula is C14H25NO2. The second-order valence-electron chi connectivity index (χ2n) is 7.21. The van der Waals surface area contributed by atoms with Crippen molar-refractivity contribution in [2.24, 2.45) is 11.3 Å². The van der Waals surface area contributed by atoms with Crippen molar-refractivity contribution in [1.29, 1.82) is 0 Å². The molecule has 3 heteroatoms. The average molecular weight is 239 g/mol. The van der Waals surface area contributed by atoms with E-state index in [0.717, 1.165) is 6.54 Å². The second-order valence-corrected chi connectivity index (χ2v) is 7.21. The van der Waals surface area contributed by atoms with Crippen LogP contribution in [0, 0.1) is 11.3 Å². The van der Waals surface area contributed by atoms with Crippen molar-refractivity contribution in [2.45, 2.75) is 65.5 Å². The summed E-state index contributed by atoms with van der Waals surface area (Å²) >= 11 is 0. The smallest absolute Gasteiger partial charge is 0.410 e. The van der Waals surface area contributed by atoms with Gasteiger partial charge in [-0.25, -0.2) is 4.79 Å². The zero-order valence-corrected chi connectivity index (χ0v) is 12.0. The molecule has 0 aromatic carbocycles. The fourth-order valence-corrected chi connectivity index (χ4v) is 3.49. The molecule has 3 nitrogen and oxygen atoms in total. The van der Waals surface area contributed by atoms with E-state index in [1.54, 1.807) is 0 Å². The van der Waals surface area contributed by atoms with Gasteiger partial charge in [0.15, 0.2) is 0 Å². The van der Waals surface area contributed by atoms with Crippen LogP contribution in [-0.2, 0) is 4.74 Å². The minimum absolute atomic E-state index is 0.00463. The molecule has 0 aromatic heterocycles. The van der Waals surface area contributed by atoms with Crippen molar-refractivity contribution < 1.29 is 9.53 Å². The quantitative estimate of drug-likeness (QED) is 0.648. The lowest BCUT2D eigenvalue weighted by molar-refractivity contribution is -0.128. The molecule has 0 bridgehead atoms. The Morgan fingerprint density at radius 3 is 2.41 bits per heavy atom. The number of carbonyl (C=O) groups is 1. The third-order valence-electron chi connectivity index (χ3n) is 4.99. The van der Waals surface area contributed by atoms with Gasteiger partial charge in [-0.15, -0.1) is 0 Å². The number of fused-ring (bicyclic) bond motifs is 1. The van der Waals surface area contributed by atoms with E-state index in [2.05, 4.69) is 20.8 Å². The van der Waals surface area contributed by atoms with Gasteiger partial charge >= 0.3 is 6.09 Å². The van der Waals surface area contributed by atoms with Crippen LogP contribution in [0.25, 0.3) is 0 Å². The van der Waals surface area contributed by atoms with Gasteiger partial charge < -0.3 is 9.64 Å². The summed E-state index contributed by atoms with van der Waals surface area (Å²) in [4.78, 5) is 14.1. The van der Waals surface area contributed by atoms with Crippen LogP contribution < -0.4 is 0 Å². The Labute approximate surface area is 105 Å². The predicted octanol–water partition coefficient (Wildman–Crippen LogP) is 3.43. The summed E-state index contributed by atoms with van der Waals surface area (Å²) in [5.41, 5.74) is -0.111. The summed E-state index contributed by atoms with van der Waals surface area (Å²) in [5, 5.41) is 0. The lowest BCUT2D eigenvalue weighted by Crippen LogP contribution is -2.73. The van der Waals surface area contributed by atoms with Crippen LogP contribution >= 0.6 is 0 Å². The minimum Gasteiger partial charge on any atom is -0.444 e. The second kappa shape index (κ2) is 3.39. The van der Waals surface area contributed by atoms with Crippen molar-refractivity contribution in [3.63, 3.8) is 0 Å². The Hall–Kier alpha value is -0.730. The largest absolute Gasteiger partial charge is 0.444 e. The molecule has 2 fully saturated rings. The van der Waals surface area contributed by atoms with Crippen LogP contribution in [0.4, 0.5) is 4.79 Å². The maximum absolute atomic E-state index is 12.2. The van der Waals surface area contributed by atoms with E-state index in [-0.39, 0.29) is 11.6 Å². The number of rotatable bonds is 0. The van der Waals surface area contributed by atoms with E-state index in [4.69, 9.17) is 4.74 Å². The Kier molecular flexibility index (Phi) is 2.54. The molecule has 2 rings (SSSR count). The van der Waals surface area contributed by atoms with Crippen molar-refractivity contribution in [1.82, 2.24) is 4.90 Å². The highest BCUT2D eigenvalue weighted by Gasteiger charge is 2.66. The van der Waals surface area contributed by atoms with E-state index in [1.807, 2.05) is 25.7 Å². The molecule has 98 valence electrons. The predicted molar refractivity (Wildman–Crippen MR) is 67.9 cm³/mol. The number of nitrogens with zero attached hydrogens (tertiary/aromatic N) is 1. The highest BCUT2D eigenvalue weighted by molar-refractivity contribution is 5.71. The zero-order valence-electron chi connectivity index (χ0n) is 12.0. The highest BCUT2D eigenvalue weighted by Crippen LogP contribution is 2.60. The summed E-state index contributed by atoms with van der Waals surface area (Å²) in [5.74, 6) is 0.564. The number of ether oxygens (including phenoxy) is 1. The third kappa shape index (κ3) is 1.66. The van der Waals surface area contributed by atoms with Gasteiger partial charge in [0.1, 0.15) is 5.60 Å². The van der Waals surface area contributed by atoms with Crippen LogP contribution in [0.2, 0.25) is 0 Å². The molecule has 17 heavy (non-hydrogen) atoms. The van der Waals surface area contributed by atoms with Gasteiger partial charge in [-0.2, -0.15) is 0 Å². The summed E-state index contributed by atoms with van der Waals surface area (Å²) in [7, 11) is 0. The number of hydrogen-bond donors (Lipinski definition) is 0. The molecule has 2 aliphatic rings. The maximum Gasteiger partial charge on any atom is 0.410 e. The summed E-state index contributed by atoms with van der Waals surface area (Å²) in [6.07, 6.45) is 2.29. The summed E-state index contributed by atoms with van der Waals surface area (Å²) < 4.78 is 5.50. The van der Waals surface area contributed by atoms with E-state index in [0.29, 0.717) is 11.3 Å². The van der Waals surface area contributed by atoms with Crippen molar-refractivity contribution in [2.75, 3.05) is 6.54 Å². The first kappa shape index (κ1) is 12.7. The van der Waals surface area contributed by atoms with Gasteiger partial charge in [-0.3, -0.25) is 0 Å². The Morgan fingerprint density at radius 2 is 1.94 bits per heavy atom. The Morgan fingerprint density at radius 1 is 1.35 bits per heavy atom. The molecule has 0 N–H and O–H groups in total. The monoisotopic (exact) mass is 239 g/mol. The van der Waals surface area contributed by atoms with Crippen LogP contribution in [0.3, 0.4) is 0 Å². The molecule has 0 aromatic rings. The molecule has 1 aliphatic heterocycles. The third-order valence-corrected chi connectivity index (χ3v) is 4.99. The number of amides is 1. The molecular weight excluding hydrogens is 214 g/mol. The molecule has 1 saturated carbocycles. The molecule has 0 radical (unpaired) electrons. The Bertz CT molecular complexity index is 347. The van der Waals surface area contributed by atoms with E-state index >= 15 is 0 Å². The lowest BCUT2D eigenvalue weighted by Gasteiger charge is -2.62. The fraction of sp³-hybridized carbons (Fsp3) is 0.929. The van der Waals surface area contributed by atoms with Gasteiger partial charge in [0.05, 0.1) is 5.54 Å². The zero-order chi connectivity index (χ0) is 13.1. The first-order valence-corrected chi connectivity index (χ1v) is 6.61. The van der Waals surface area contributed by atoms with E-state index in [9.17, 15) is 4.79 Å². The van der Waals surface area contributed by atoms with E-state index in [1.165, 1.54) is 12.8 Å². The minimum atomic E-state index is -0.402. The lowest BCUT2D eigenvalue weighted by atomic mass is 9.63. The molecule has 1 amide bonds. The topological polar surface area (TPSA) is 29.5 Å². The van der Waals surface area contributed by atoms with Crippen molar-refractivity contribution in [3.05, 3.63) is 0 Å². The summed E-state index contributed by atoms with van der Waals surface area (Å²) in [6, 6.07) is 0. The molecule has 1 aliphatic carbocycles. The van der Waals surface area contributed by atoms with Gasteiger partial charge in [-0.05, 0) is 46.5 Å². The van der Waals surface area contributed by atoms with Crippen molar-refractivity contribution >= 4 is 6.09 Å². The van der Waals surface area contributed by atoms with Crippen LogP contribution in [0.1, 0.15) is 54.4 Å². The van der Waals surface area contributed by atoms with Gasteiger partial charge in [-0.1, -0.05) is 13.8 Å². The van der Waals surface area contributed by atoms with Gasteiger partial charge in [0, 0.05) is 12.0 Å². The van der Waals surface area contributed by atoms with Gasteiger partial charge in [0.2, 0.25) is 0 Å². The molecule has 1 heterocycles. The van der Waals surface area contributed by atoms with Crippen molar-refractivity contribution in [3.8, 4) is 0 Å². The standard InChI is InChI=1S/C14H25NO2/c1-10-7-8-13(5)9-15(14(10,13)6)11(16)17-12(2,3)4/h10H,7-9H2,1-6H3/t10-,13-,14?/m1/s1. The molecule has 0 spiro atoms. The Balaban J connectivity index is 2.13. The van der Waals surface area contributed by atoms with Crippen LogP contribution in [-0.4, -0.2) is 28.7 Å². The number of likely N-dealkylation sites (tertiary alicyclic amines) is 1. The SMILES string of the molecule is C[C@@H]1CC[C@]2(C)CN(C(=O)OC(C)(C)C)C12C.